The molecular formula is C21H32O4. The van der Waals surface area contributed by atoms with Crippen LogP contribution in [0, 0.1) is 40.4 Å². The number of fused-ring (bicyclic) bond motifs is 5. The molecule has 4 fully saturated rings. The predicted octanol–water partition coefficient (Wildman–Crippen LogP) is 4.27. The summed E-state index contributed by atoms with van der Waals surface area (Å²) in [5.74, 6) is 1.97. The van der Waals surface area contributed by atoms with Gasteiger partial charge in [0.15, 0.2) is 0 Å². The third-order valence-electron chi connectivity index (χ3n) is 9.16. The summed E-state index contributed by atoms with van der Waals surface area (Å²) in [6, 6.07) is 0. The molecule has 0 aliphatic heterocycles. The lowest BCUT2D eigenvalue weighted by Gasteiger charge is -2.60. The Kier molecular flexibility index (Phi) is 4.16. The van der Waals surface area contributed by atoms with Crippen LogP contribution in [0.5, 0.6) is 0 Å². The number of carbonyl (C=O) groups is 2. The summed E-state index contributed by atoms with van der Waals surface area (Å²) in [5, 5.41) is 9.69. The Balaban J connectivity index is 1.56. The van der Waals surface area contributed by atoms with Gasteiger partial charge in [0.25, 0.3) is 6.47 Å². The molecule has 0 heterocycles. The zero-order valence-electron chi connectivity index (χ0n) is 15.6. The van der Waals surface area contributed by atoms with Gasteiger partial charge < -0.3 is 9.84 Å². The molecule has 4 heteroatoms. The van der Waals surface area contributed by atoms with Crippen LogP contribution in [0.4, 0.5) is 0 Å². The van der Waals surface area contributed by atoms with Crippen molar-refractivity contribution in [3.05, 3.63) is 0 Å². The minimum absolute atomic E-state index is 0.00796. The van der Waals surface area contributed by atoms with Crippen molar-refractivity contribution in [3.63, 3.8) is 0 Å². The van der Waals surface area contributed by atoms with E-state index < -0.39 is 5.97 Å². The molecule has 0 bridgehead atoms. The quantitative estimate of drug-likeness (QED) is 0.774. The van der Waals surface area contributed by atoms with Gasteiger partial charge in [-0.1, -0.05) is 13.8 Å². The Morgan fingerprint density at radius 1 is 1.00 bits per heavy atom. The number of carboxylic acid groups (broad SMARTS) is 1. The van der Waals surface area contributed by atoms with E-state index in [1.807, 2.05) is 0 Å². The normalized spacial score (nSPS) is 51.8. The Morgan fingerprint density at radius 2 is 1.72 bits per heavy atom. The standard InChI is InChI=1S/C21H32O4/c1-20-9-7-14(25-12-22)11-13(20)3-4-15-16-5-6-18(19(23)24)21(16,2)10-8-17(15)20/h12-18H,3-11H2,1-2H3,(H,23,24)/t13?,14?,15-,16-,17-,18?,20-,21-/m0/s1. The van der Waals surface area contributed by atoms with Gasteiger partial charge in [-0.05, 0) is 92.3 Å². The van der Waals surface area contributed by atoms with Crippen LogP contribution in [0.25, 0.3) is 0 Å². The molecule has 4 aliphatic carbocycles. The highest BCUT2D eigenvalue weighted by atomic mass is 16.5. The van der Waals surface area contributed by atoms with Crippen LogP contribution in [-0.4, -0.2) is 23.7 Å². The number of rotatable bonds is 3. The third-order valence-corrected chi connectivity index (χ3v) is 9.16. The average Bonchev–Trinajstić information content (AvgIpc) is 2.93. The summed E-state index contributed by atoms with van der Waals surface area (Å²) in [4.78, 5) is 22.5. The molecule has 0 aromatic carbocycles. The number of hydrogen-bond donors (Lipinski definition) is 1. The highest BCUT2D eigenvalue weighted by Gasteiger charge is 2.61. The second-order valence-electron chi connectivity index (χ2n) is 9.80. The molecule has 3 unspecified atom stereocenters. The number of hydrogen-bond acceptors (Lipinski definition) is 3. The third kappa shape index (κ3) is 2.46. The monoisotopic (exact) mass is 348 g/mol. The molecule has 0 spiro atoms. The van der Waals surface area contributed by atoms with Gasteiger partial charge in [-0.2, -0.15) is 0 Å². The Labute approximate surface area is 150 Å². The van der Waals surface area contributed by atoms with Crippen LogP contribution in [-0.2, 0) is 14.3 Å². The van der Waals surface area contributed by atoms with Gasteiger partial charge in [0.2, 0.25) is 0 Å². The number of ether oxygens (including phenoxy) is 1. The van der Waals surface area contributed by atoms with Gasteiger partial charge in [0.1, 0.15) is 6.10 Å². The van der Waals surface area contributed by atoms with Crippen molar-refractivity contribution in [3.8, 4) is 0 Å². The maximum atomic E-state index is 11.8. The maximum absolute atomic E-state index is 11.8. The van der Waals surface area contributed by atoms with Crippen molar-refractivity contribution >= 4 is 12.4 Å². The zero-order chi connectivity index (χ0) is 17.8. The van der Waals surface area contributed by atoms with Crippen molar-refractivity contribution in [1.29, 1.82) is 0 Å². The van der Waals surface area contributed by atoms with Crippen molar-refractivity contribution in [1.82, 2.24) is 0 Å². The van der Waals surface area contributed by atoms with Gasteiger partial charge in [-0.15, -0.1) is 0 Å². The first kappa shape index (κ1) is 17.4. The zero-order valence-corrected chi connectivity index (χ0v) is 15.6. The molecule has 4 nitrogen and oxygen atoms in total. The molecule has 8 atom stereocenters. The fraction of sp³-hybridized carbons (Fsp3) is 0.905. The molecule has 0 radical (unpaired) electrons. The van der Waals surface area contributed by atoms with E-state index in [0.717, 1.165) is 44.4 Å². The topological polar surface area (TPSA) is 63.6 Å². The van der Waals surface area contributed by atoms with Crippen LogP contribution in [0.3, 0.4) is 0 Å². The molecule has 0 saturated heterocycles. The first-order valence-electron chi connectivity index (χ1n) is 10.2. The van der Waals surface area contributed by atoms with Crippen molar-refractivity contribution in [2.75, 3.05) is 0 Å². The fourth-order valence-corrected chi connectivity index (χ4v) is 7.83. The summed E-state index contributed by atoms with van der Waals surface area (Å²) in [6.07, 6.45) is 9.99. The number of carbonyl (C=O) groups excluding carboxylic acids is 1. The van der Waals surface area contributed by atoms with Gasteiger partial charge >= 0.3 is 5.97 Å². The van der Waals surface area contributed by atoms with Crippen LogP contribution < -0.4 is 0 Å². The smallest absolute Gasteiger partial charge is 0.307 e. The van der Waals surface area contributed by atoms with Crippen LogP contribution >= 0.6 is 0 Å². The summed E-state index contributed by atoms with van der Waals surface area (Å²) in [7, 11) is 0. The molecule has 4 aliphatic rings. The second kappa shape index (κ2) is 5.99. The lowest BCUT2D eigenvalue weighted by molar-refractivity contribution is -0.158. The van der Waals surface area contributed by atoms with Crippen LogP contribution in [0.15, 0.2) is 0 Å². The molecular weight excluding hydrogens is 316 g/mol. The SMILES string of the molecule is C[C@]12CCC(OC=O)CC1CC[C@@H]1[C@@H]2CC[C@]2(C)C(C(=O)O)CC[C@@H]12. The molecule has 4 saturated carbocycles. The molecule has 0 aromatic heterocycles. The van der Waals surface area contributed by atoms with Crippen LogP contribution in [0.1, 0.15) is 71.6 Å². The van der Waals surface area contributed by atoms with Crippen LogP contribution in [0.2, 0.25) is 0 Å². The lowest BCUT2D eigenvalue weighted by Crippen LogP contribution is -2.54. The molecule has 0 amide bonds. The molecule has 0 aromatic rings. The van der Waals surface area contributed by atoms with E-state index in [1.54, 1.807) is 0 Å². The predicted molar refractivity (Wildman–Crippen MR) is 93.8 cm³/mol. The highest BCUT2D eigenvalue weighted by molar-refractivity contribution is 5.71. The number of aliphatic carboxylic acids is 1. The van der Waals surface area contributed by atoms with E-state index in [0.29, 0.717) is 29.6 Å². The highest BCUT2D eigenvalue weighted by Crippen LogP contribution is 2.67. The minimum Gasteiger partial charge on any atom is -0.481 e. The second-order valence-corrected chi connectivity index (χ2v) is 9.80. The van der Waals surface area contributed by atoms with Crippen molar-refractivity contribution in [2.45, 2.75) is 77.7 Å². The van der Waals surface area contributed by atoms with Gasteiger partial charge in [0, 0.05) is 0 Å². The summed E-state index contributed by atoms with van der Waals surface area (Å²) in [6.45, 7) is 5.37. The average molecular weight is 348 g/mol. The van der Waals surface area contributed by atoms with E-state index in [-0.39, 0.29) is 17.4 Å². The van der Waals surface area contributed by atoms with Gasteiger partial charge in [-0.25, -0.2) is 0 Å². The number of carboxylic acids is 1. The lowest BCUT2D eigenvalue weighted by atomic mass is 9.44. The largest absolute Gasteiger partial charge is 0.481 e. The van der Waals surface area contributed by atoms with E-state index in [2.05, 4.69) is 13.8 Å². The maximum Gasteiger partial charge on any atom is 0.307 e. The van der Waals surface area contributed by atoms with Crippen molar-refractivity contribution in [2.24, 2.45) is 40.4 Å². The summed E-state index contributed by atoms with van der Waals surface area (Å²) < 4.78 is 5.29. The van der Waals surface area contributed by atoms with Gasteiger partial charge in [0.05, 0.1) is 5.92 Å². The minimum atomic E-state index is -0.574. The van der Waals surface area contributed by atoms with Gasteiger partial charge in [-0.3, -0.25) is 9.59 Å². The summed E-state index contributed by atoms with van der Waals surface area (Å²) in [5.41, 5.74) is 0.363. The first-order chi connectivity index (χ1) is 11.9. The van der Waals surface area contributed by atoms with E-state index in [1.165, 1.54) is 19.3 Å². The molecule has 1 N–H and O–H groups in total. The summed E-state index contributed by atoms with van der Waals surface area (Å²) >= 11 is 0. The van der Waals surface area contributed by atoms with E-state index in [9.17, 15) is 14.7 Å². The molecule has 4 rings (SSSR count). The molecule has 25 heavy (non-hydrogen) atoms. The Hall–Kier alpha value is -1.06. The van der Waals surface area contributed by atoms with Crippen molar-refractivity contribution < 1.29 is 19.4 Å². The fourth-order valence-electron chi connectivity index (χ4n) is 7.83. The first-order valence-corrected chi connectivity index (χ1v) is 10.2. The molecule has 140 valence electrons. The van der Waals surface area contributed by atoms with E-state index >= 15 is 0 Å². The Morgan fingerprint density at radius 3 is 2.44 bits per heavy atom. The Bertz CT molecular complexity index is 560. The van der Waals surface area contributed by atoms with E-state index in [4.69, 9.17) is 4.74 Å².